The average Bonchev–Trinajstić information content (AvgIpc) is 2.61. The molecule has 0 unspecified atom stereocenters. The molecule has 1 aromatic carbocycles. The summed E-state index contributed by atoms with van der Waals surface area (Å²) < 4.78 is 43.3. The summed E-state index contributed by atoms with van der Waals surface area (Å²) in [5.41, 5.74) is -1.85. The minimum Gasteiger partial charge on any atom is -0.452 e. The fourth-order valence-electron chi connectivity index (χ4n) is 3.02. The largest absolute Gasteiger partial charge is 0.452 e. The van der Waals surface area contributed by atoms with Crippen molar-refractivity contribution in [2.24, 2.45) is 5.92 Å². The number of rotatable bonds is 4. The van der Waals surface area contributed by atoms with Gasteiger partial charge in [-0.1, -0.05) is 31.9 Å². The lowest BCUT2D eigenvalue weighted by Gasteiger charge is -2.29. The summed E-state index contributed by atoms with van der Waals surface area (Å²) in [6.45, 7) is 1.14. The van der Waals surface area contributed by atoms with Gasteiger partial charge in [0.2, 0.25) is 0 Å². The Labute approximate surface area is 154 Å². The molecule has 0 aliphatic heterocycles. The highest BCUT2D eigenvalue weighted by atomic mass is 19.4. The van der Waals surface area contributed by atoms with Gasteiger partial charge in [-0.15, -0.1) is 0 Å². The second-order valence-corrected chi connectivity index (χ2v) is 6.51. The maximum atomic E-state index is 12.9. The minimum atomic E-state index is -4.73. The highest BCUT2D eigenvalue weighted by Gasteiger charge is 2.35. The number of esters is 1. The van der Waals surface area contributed by atoms with Crippen molar-refractivity contribution >= 4 is 17.9 Å². The van der Waals surface area contributed by atoms with E-state index >= 15 is 0 Å². The van der Waals surface area contributed by atoms with Crippen molar-refractivity contribution < 1.29 is 32.3 Å². The highest BCUT2D eigenvalue weighted by Crippen LogP contribution is 2.32. The topological polar surface area (TPSA) is 84.5 Å². The van der Waals surface area contributed by atoms with Gasteiger partial charge in [-0.2, -0.15) is 13.2 Å². The first kappa shape index (κ1) is 20.7. The fourth-order valence-corrected chi connectivity index (χ4v) is 3.02. The SMILES string of the molecule is C[C@H]1CCCC[C@@H]1NC(=O)NC(=O)COC(=O)c1ccccc1C(F)(F)F. The molecule has 0 radical (unpaired) electrons. The zero-order valence-electron chi connectivity index (χ0n) is 14.8. The van der Waals surface area contributed by atoms with Gasteiger partial charge >= 0.3 is 18.2 Å². The number of urea groups is 1. The first-order valence-electron chi connectivity index (χ1n) is 8.62. The smallest absolute Gasteiger partial charge is 0.417 e. The van der Waals surface area contributed by atoms with E-state index in [1.807, 2.05) is 12.2 Å². The standard InChI is InChI=1S/C18H21F3N2O4/c1-11-6-2-5-9-14(11)22-17(26)23-15(24)10-27-16(25)12-7-3-4-8-13(12)18(19,20)21/h3-4,7-8,11,14H,2,5-6,9-10H2,1H3,(H2,22,23,24,26)/t11-,14-/m0/s1. The Morgan fingerprint density at radius 1 is 1.15 bits per heavy atom. The number of carbonyl (C=O) groups excluding carboxylic acids is 3. The van der Waals surface area contributed by atoms with E-state index in [-0.39, 0.29) is 12.0 Å². The summed E-state index contributed by atoms with van der Waals surface area (Å²) in [6.07, 6.45) is -0.857. The summed E-state index contributed by atoms with van der Waals surface area (Å²) in [7, 11) is 0. The molecule has 0 spiro atoms. The number of hydrogen-bond donors (Lipinski definition) is 2. The van der Waals surface area contributed by atoms with Crippen LogP contribution in [0.4, 0.5) is 18.0 Å². The molecule has 2 rings (SSSR count). The molecule has 27 heavy (non-hydrogen) atoms. The first-order chi connectivity index (χ1) is 12.7. The van der Waals surface area contributed by atoms with E-state index in [4.69, 9.17) is 0 Å². The molecule has 1 fully saturated rings. The summed E-state index contributed by atoms with van der Waals surface area (Å²) in [6, 6.07) is 3.33. The summed E-state index contributed by atoms with van der Waals surface area (Å²) in [5, 5.41) is 4.70. The van der Waals surface area contributed by atoms with Crippen molar-refractivity contribution in [3.63, 3.8) is 0 Å². The third-order valence-corrected chi connectivity index (χ3v) is 4.47. The van der Waals surface area contributed by atoms with Gasteiger partial charge < -0.3 is 10.1 Å². The van der Waals surface area contributed by atoms with E-state index in [1.54, 1.807) is 0 Å². The lowest BCUT2D eigenvalue weighted by atomic mass is 9.86. The molecule has 2 N–H and O–H groups in total. The van der Waals surface area contributed by atoms with E-state index in [1.165, 1.54) is 6.07 Å². The van der Waals surface area contributed by atoms with Crippen LogP contribution < -0.4 is 10.6 Å². The Kier molecular flexibility index (Phi) is 6.81. The molecule has 9 heteroatoms. The van der Waals surface area contributed by atoms with Gasteiger partial charge in [-0.25, -0.2) is 9.59 Å². The van der Waals surface area contributed by atoms with Gasteiger partial charge in [-0.3, -0.25) is 10.1 Å². The predicted octanol–water partition coefficient (Wildman–Crippen LogP) is 3.27. The molecule has 6 nitrogen and oxygen atoms in total. The fraction of sp³-hybridized carbons (Fsp3) is 0.500. The lowest BCUT2D eigenvalue weighted by molar-refractivity contribution is -0.138. The van der Waals surface area contributed by atoms with Crippen LogP contribution in [0.2, 0.25) is 0 Å². The summed E-state index contributed by atoms with van der Waals surface area (Å²) >= 11 is 0. The van der Waals surface area contributed by atoms with Crippen LogP contribution in [-0.4, -0.2) is 30.6 Å². The molecule has 1 saturated carbocycles. The molecule has 0 saturated heterocycles. The Hall–Kier alpha value is -2.58. The van der Waals surface area contributed by atoms with Crippen molar-refractivity contribution in [1.29, 1.82) is 0 Å². The van der Waals surface area contributed by atoms with Crippen molar-refractivity contribution in [2.45, 2.75) is 44.8 Å². The zero-order chi connectivity index (χ0) is 20.0. The van der Waals surface area contributed by atoms with E-state index in [0.717, 1.165) is 43.9 Å². The van der Waals surface area contributed by atoms with Crippen LogP contribution in [0.15, 0.2) is 24.3 Å². The van der Waals surface area contributed by atoms with Crippen molar-refractivity contribution in [3.05, 3.63) is 35.4 Å². The lowest BCUT2D eigenvalue weighted by Crippen LogP contribution is -2.48. The second-order valence-electron chi connectivity index (χ2n) is 6.51. The van der Waals surface area contributed by atoms with Gasteiger partial charge in [0, 0.05) is 6.04 Å². The van der Waals surface area contributed by atoms with Crippen molar-refractivity contribution in [2.75, 3.05) is 6.61 Å². The van der Waals surface area contributed by atoms with Gasteiger partial charge in [-0.05, 0) is 30.9 Å². The van der Waals surface area contributed by atoms with Crippen LogP contribution >= 0.6 is 0 Å². The van der Waals surface area contributed by atoms with Crippen LogP contribution in [-0.2, 0) is 15.7 Å². The molecule has 148 valence electrons. The minimum absolute atomic E-state index is 0.0484. The first-order valence-corrected chi connectivity index (χ1v) is 8.62. The maximum absolute atomic E-state index is 12.9. The van der Waals surface area contributed by atoms with Crippen molar-refractivity contribution in [3.8, 4) is 0 Å². The number of amides is 3. The number of ether oxygens (including phenoxy) is 1. The molecule has 3 amide bonds. The number of benzene rings is 1. The molecule has 0 bridgehead atoms. The molecule has 0 heterocycles. The average molecular weight is 386 g/mol. The number of hydrogen-bond acceptors (Lipinski definition) is 4. The van der Waals surface area contributed by atoms with E-state index in [2.05, 4.69) is 10.1 Å². The Balaban J connectivity index is 1.85. The molecule has 2 atom stereocenters. The third kappa shape index (κ3) is 5.97. The van der Waals surface area contributed by atoms with Crippen LogP contribution in [0.25, 0.3) is 0 Å². The maximum Gasteiger partial charge on any atom is 0.417 e. The molecular formula is C18H21F3N2O4. The highest BCUT2D eigenvalue weighted by molar-refractivity contribution is 5.97. The van der Waals surface area contributed by atoms with Crippen LogP contribution in [0, 0.1) is 5.92 Å². The predicted molar refractivity (Wildman–Crippen MR) is 89.8 cm³/mol. The number of carbonyl (C=O) groups is 3. The van der Waals surface area contributed by atoms with E-state index in [9.17, 15) is 27.6 Å². The van der Waals surface area contributed by atoms with Crippen molar-refractivity contribution in [1.82, 2.24) is 10.6 Å². The molecular weight excluding hydrogens is 365 g/mol. The summed E-state index contributed by atoms with van der Waals surface area (Å²) in [4.78, 5) is 35.4. The van der Waals surface area contributed by atoms with Gasteiger partial charge in [0.1, 0.15) is 0 Å². The van der Waals surface area contributed by atoms with Crippen LogP contribution in [0.1, 0.15) is 48.5 Å². The van der Waals surface area contributed by atoms with E-state index < -0.39 is 41.8 Å². The second kappa shape index (κ2) is 8.88. The zero-order valence-corrected chi connectivity index (χ0v) is 14.8. The van der Waals surface area contributed by atoms with Gasteiger partial charge in [0.15, 0.2) is 6.61 Å². The van der Waals surface area contributed by atoms with Crippen LogP contribution in [0.3, 0.4) is 0 Å². The Bertz CT molecular complexity index is 706. The molecule has 1 aromatic rings. The number of imide groups is 1. The normalized spacial score (nSPS) is 19.9. The molecule has 1 aliphatic rings. The number of nitrogens with one attached hydrogen (secondary N) is 2. The van der Waals surface area contributed by atoms with Gasteiger partial charge in [0.25, 0.3) is 5.91 Å². The Morgan fingerprint density at radius 3 is 2.48 bits per heavy atom. The van der Waals surface area contributed by atoms with E-state index in [0.29, 0.717) is 0 Å². The third-order valence-electron chi connectivity index (χ3n) is 4.47. The quantitative estimate of drug-likeness (QED) is 0.778. The monoisotopic (exact) mass is 386 g/mol. The van der Waals surface area contributed by atoms with Gasteiger partial charge in [0.05, 0.1) is 11.1 Å². The molecule has 1 aliphatic carbocycles. The summed E-state index contributed by atoms with van der Waals surface area (Å²) in [5.74, 6) is -1.93. The molecule has 0 aromatic heterocycles. The van der Waals surface area contributed by atoms with Crippen LogP contribution in [0.5, 0.6) is 0 Å². The Morgan fingerprint density at radius 2 is 1.81 bits per heavy atom. The number of alkyl halides is 3. The number of halogens is 3.